The Morgan fingerprint density at radius 1 is 0.464 bits per heavy atom. The minimum Gasteiger partial charge on any atom is -0.346 e. The quantitative estimate of drug-likeness (QED) is 0.121. The van der Waals surface area contributed by atoms with Crippen LogP contribution in [-0.2, 0) is 4.74 Å². The van der Waals surface area contributed by atoms with Crippen molar-refractivity contribution < 1.29 is 4.74 Å². The molecule has 0 fully saturated rings. The minimum atomic E-state index is -0.848. The number of halogens is 1. The van der Waals surface area contributed by atoms with Gasteiger partial charge in [0, 0.05) is 7.26 Å². The first-order valence-corrected chi connectivity index (χ1v) is 15.2. The molecule has 0 aliphatic heterocycles. The molecule has 0 saturated heterocycles. The van der Waals surface area contributed by atoms with Gasteiger partial charge in [-0.05, 0) is 25.7 Å². The molecule has 1 nitrogen and oxygen atoms in total. The predicted molar refractivity (Wildman–Crippen MR) is 136 cm³/mol. The van der Waals surface area contributed by atoms with Gasteiger partial charge in [-0.3, -0.25) is 0 Å². The molecule has 172 valence electrons. The van der Waals surface area contributed by atoms with Gasteiger partial charge in [-0.1, -0.05) is 105 Å². The van der Waals surface area contributed by atoms with E-state index in [2.05, 4.69) is 27.7 Å². The van der Waals surface area contributed by atoms with Crippen LogP contribution in [0.3, 0.4) is 0 Å². The fourth-order valence-electron chi connectivity index (χ4n) is 3.96. The van der Waals surface area contributed by atoms with Crippen LogP contribution in [0.1, 0.15) is 130 Å². The van der Waals surface area contributed by atoms with E-state index in [1.54, 1.807) is 0 Å². The zero-order chi connectivity index (χ0) is 20.1. The van der Waals surface area contributed by atoms with E-state index in [0.717, 1.165) is 13.0 Å². The Labute approximate surface area is 186 Å². The molecule has 0 aliphatic carbocycles. The highest BCUT2D eigenvalue weighted by molar-refractivity contribution is 7.75. The van der Waals surface area contributed by atoms with Crippen molar-refractivity contribution in [3.63, 3.8) is 0 Å². The normalized spacial score (nSPS) is 11.6. The van der Waals surface area contributed by atoms with E-state index < -0.39 is 7.26 Å². The zero-order valence-corrected chi connectivity index (χ0v) is 21.8. The second-order valence-corrected chi connectivity index (χ2v) is 13.1. The molecule has 0 aliphatic rings. The smallest absolute Gasteiger partial charge is 0.157 e. The summed E-state index contributed by atoms with van der Waals surface area (Å²) in [6.07, 6.45) is 28.0. The number of hydrogen-bond donors (Lipinski definition) is 0. The van der Waals surface area contributed by atoms with Crippen LogP contribution in [-0.4, -0.2) is 31.4 Å². The van der Waals surface area contributed by atoms with Gasteiger partial charge in [0.05, 0.1) is 25.1 Å². The molecule has 0 spiro atoms. The highest BCUT2D eigenvalue weighted by Crippen LogP contribution is 2.60. The van der Waals surface area contributed by atoms with E-state index in [-0.39, 0.29) is 12.4 Å². The van der Waals surface area contributed by atoms with Gasteiger partial charge in [0.25, 0.3) is 0 Å². The maximum Gasteiger partial charge on any atom is 0.157 e. The summed E-state index contributed by atoms with van der Waals surface area (Å²) in [4.78, 5) is 0. The van der Waals surface area contributed by atoms with E-state index in [0.29, 0.717) is 0 Å². The van der Waals surface area contributed by atoms with Crippen LogP contribution in [0.25, 0.3) is 0 Å². The monoisotopic (exact) mass is 437 g/mol. The van der Waals surface area contributed by atoms with Gasteiger partial charge in [-0.25, -0.2) is 0 Å². The second-order valence-electron chi connectivity index (χ2n) is 8.79. The summed E-state index contributed by atoms with van der Waals surface area (Å²) in [7, 11) is -0.848. The zero-order valence-electron chi connectivity index (χ0n) is 20.1. The Bertz CT molecular complexity index is 264. The maximum absolute atomic E-state index is 6.31. The van der Waals surface area contributed by atoms with Crippen LogP contribution < -0.4 is 0 Å². The van der Waals surface area contributed by atoms with Crippen LogP contribution in [0.15, 0.2) is 0 Å². The highest BCUT2D eigenvalue weighted by Gasteiger charge is 2.35. The van der Waals surface area contributed by atoms with Gasteiger partial charge in [0.1, 0.15) is 0 Å². The largest absolute Gasteiger partial charge is 0.346 e. The van der Waals surface area contributed by atoms with E-state index in [1.165, 1.54) is 121 Å². The molecule has 0 N–H and O–H groups in total. The third kappa shape index (κ3) is 18.7. The lowest BCUT2D eigenvalue weighted by Gasteiger charge is -2.27. The highest BCUT2D eigenvalue weighted by atomic mass is 35.5. The number of unbranched alkanes of at least 4 members (excludes halogenated alkanes) is 12. The van der Waals surface area contributed by atoms with Crippen molar-refractivity contribution in [3.05, 3.63) is 0 Å². The van der Waals surface area contributed by atoms with Crippen molar-refractivity contribution in [1.82, 2.24) is 0 Å². The van der Waals surface area contributed by atoms with Gasteiger partial charge in [0.15, 0.2) is 6.35 Å². The van der Waals surface area contributed by atoms with Gasteiger partial charge in [-0.2, -0.15) is 0 Å². The molecule has 0 aromatic heterocycles. The Kier molecular flexibility index (Phi) is 26.4. The Balaban J connectivity index is 0. The van der Waals surface area contributed by atoms with Crippen molar-refractivity contribution >= 4 is 19.7 Å². The van der Waals surface area contributed by atoms with Crippen LogP contribution in [0, 0.1) is 0 Å². The van der Waals surface area contributed by atoms with Crippen LogP contribution in [0.4, 0.5) is 0 Å². The lowest BCUT2D eigenvalue weighted by Crippen LogP contribution is -2.15. The molecule has 0 aromatic carbocycles. The van der Waals surface area contributed by atoms with Gasteiger partial charge in [0.2, 0.25) is 0 Å². The first-order valence-electron chi connectivity index (χ1n) is 12.7. The fourth-order valence-corrected chi connectivity index (χ4v) is 8.50. The predicted octanol–water partition coefficient (Wildman–Crippen LogP) is 9.72. The van der Waals surface area contributed by atoms with E-state index >= 15 is 0 Å². The molecule has 0 heterocycles. The van der Waals surface area contributed by atoms with Crippen molar-refractivity contribution in [2.24, 2.45) is 0 Å². The molecule has 0 aromatic rings. The molecule has 0 bridgehead atoms. The third-order valence-electron chi connectivity index (χ3n) is 5.97. The van der Waals surface area contributed by atoms with E-state index in [4.69, 9.17) is 4.74 Å². The molecule has 0 amide bonds. The van der Waals surface area contributed by atoms with Gasteiger partial charge >= 0.3 is 0 Å². The summed E-state index contributed by atoms with van der Waals surface area (Å²) < 4.78 is 6.31. The van der Waals surface area contributed by atoms with Gasteiger partial charge in [-0.15, -0.1) is 12.4 Å². The first-order chi connectivity index (χ1) is 13.2. The number of hydrogen-bond acceptors (Lipinski definition) is 1. The summed E-state index contributed by atoms with van der Waals surface area (Å²) in [6.45, 7) is 10.4. The molecule has 3 heteroatoms. The van der Waals surface area contributed by atoms with E-state index in [9.17, 15) is 0 Å². The molecule has 0 unspecified atom stereocenters. The van der Waals surface area contributed by atoms with Crippen LogP contribution >= 0.6 is 19.7 Å². The molecule has 0 radical (unpaired) electrons. The first kappa shape index (κ1) is 30.9. The SMILES string of the molecule is CCCCCCCCCCCCOC[P+](CCCC)(CCCC)CCCC.Cl. The fraction of sp³-hybridized carbons (Fsp3) is 1.00. The van der Waals surface area contributed by atoms with E-state index in [1.807, 2.05) is 0 Å². The Hall–Kier alpha value is 0.680. The van der Waals surface area contributed by atoms with Gasteiger partial charge < -0.3 is 4.74 Å². The maximum atomic E-state index is 6.31. The molecular weight excluding hydrogens is 383 g/mol. The Morgan fingerprint density at radius 2 is 0.821 bits per heavy atom. The average molecular weight is 438 g/mol. The molecule has 0 atom stereocenters. The minimum absolute atomic E-state index is 0. The number of rotatable bonds is 22. The molecule has 28 heavy (non-hydrogen) atoms. The number of ether oxygens (including phenoxy) is 1. The molecular formula is C25H55ClOP+. The summed E-state index contributed by atoms with van der Waals surface area (Å²) in [5.41, 5.74) is 0. The Morgan fingerprint density at radius 3 is 1.21 bits per heavy atom. The lowest BCUT2D eigenvalue weighted by molar-refractivity contribution is 0.171. The summed E-state index contributed by atoms with van der Waals surface area (Å²) in [5.74, 6) is 0. The summed E-state index contributed by atoms with van der Waals surface area (Å²) in [6, 6.07) is 0. The average Bonchev–Trinajstić information content (AvgIpc) is 2.69. The summed E-state index contributed by atoms with van der Waals surface area (Å²) >= 11 is 0. The topological polar surface area (TPSA) is 9.23 Å². The van der Waals surface area contributed by atoms with Crippen molar-refractivity contribution in [3.8, 4) is 0 Å². The van der Waals surface area contributed by atoms with Crippen molar-refractivity contribution in [2.75, 3.05) is 31.4 Å². The summed E-state index contributed by atoms with van der Waals surface area (Å²) in [5, 5.41) is 0. The van der Waals surface area contributed by atoms with Crippen molar-refractivity contribution in [1.29, 1.82) is 0 Å². The van der Waals surface area contributed by atoms with Crippen LogP contribution in [0.5, 0.6) is 0 Å². The third-order valence-corrected chi connectivity index (χ3v) is 10.5. The molecule has 0 saturated carbocycles. The lowest BCUT2D eigenvalue weighted by atomic mass is 10.1. The molecule has 0 rings (SSSR count). The van der Waals surface area contributed by atoms with Crippen molar-refractivity contribution in [2.45, 2.75) is 130 Å². The second kappa shape index (κ2) is 24.0. The van der Waals surface area contributed by atoms with Crippen LogP contribution in [0.2, 0.25) is 0 Å². The standard InChI is InChI=1S/C25H54OP.ClH/c1-5-9-13-14-15-16-17-18-19-20-21-26-25-27(22-10-6-2,23-11-7-3)24-12-8-4;/h5-25H2,1-4H3;1H/q+1;.